The minimum absolute atomic E-state index is 0.135. The summed E-state index contributed by atoms with van der Waals surface area (Å²) in [5, 5.41) is 3.77. The molecule has 0 spiro atoms. The van der Waals surface area contributed by atoms with Crippen LogP contribution < -0.4 is 5.32 Å². The van der Waals surface area contributed by atoms with Crippen molar-refractivity contribution >= 4 is 23.1 Å². The molecule has 106 valence electrons. The Balaban J connectivity index is 2.36. The van der Waals surface area contributed by atoms with Gasteiger partial charge in [0.2, 0.25) is 0 Å². The summed E-state index contributed by atoms with van der Waals surface area (Å²) < 4.78 is 0. The maximum absolute atomic E-state index is 6.10. The molecule has 0 aliphatic carbocycles. The number of aryl methyl sites for hydroxylation is 2. The first-order valence-corrected chi connectivity index (χ1v) is 7.03. The predicted molar refractivity (Wildman–Crippen MR) is 84.9 cm³/mol. The van der Waals surface area contributed by atoms with Gasteiger partial charge in [-0.2, -0.15) is 0 Å². The molecule has 0 bridgehead atoms. The average molecular weight is 290 g/mol. The molecule has 0 aliphatic heterocycles. The van der Waals surface area contributed by atoms with E-state index in [2.05, 4.69) is 68.1 Å². The Morgan fingerprint density at radius 2 is 1.75 bits per heavy atom. The molecular weight excluding hydrogens is 270 g/mol. The summed E-state index contributed by atoms with van der Waals surface area (Å²) in [6.07, 6.45) is 0. The van der Waals surface area contributed by atoms with Crippen LogP contribution in [0.15, 0.2) is 24.3 Å². The maximum atomic E-state index is 6.10. The average Bonchev–Trinajstić information content (AvgIpc) is 2.31. The molecule has 1 aromatic carbocycles. The fourth-order valence-corrected chi connectivity index (χ4v) is 2.09. The second-order valence-electron chi connectivity index (χ2n) is 6.09. The van der Waals surface area contributed by atoms with E-state index in [0.717, 1.165) is 17.3 Å². The Morgan fingerprint density at radius 1 is 1.05 bits per heavy atom. The van der Waals surface area contributed by atoms with Crippen LogP contribution in [0.1, 0.15) is 37.7 Å². The molecule has 0 fully saturated rings. The van der Waals surface area contributed by atoms with Gasteiger partial charge in [-0.05, 0) is 25.5 Å². The summed E-state index contributed by atoms with van der Waals surface area (Å²) in [4.78, 5) is 8.85. The zero-order chi connectivity index (χ0) is 14.9. The van der Waals surface area contributed by atoms with Crippen molar-refractivity contribution in [1.29, 1.82) is 0 Å². The first-order valence-electron chi connectivity index (χ1n) is 6.65. The maximum Gasteiger partial charge on any atom is 0.137 e. The molecule has 0 saturated carbocycles. The molecule has 0 amide bonds. The quantitative estimate of drug-likeness (QED) is 0.808. The summed E-state index contributed by atoms with van der Waals surface area (Å²) in [6.45, 7) is 10.4. The first-order chi connectivity index (χ1) is 9.25. The van der Waals surface area contributed by atoms with Gasteiger partial charge in [-0.3, -0.25) is 0 Å². The van der Waals surface area contributed by atoms with Crippen LogP contribution in [0.2, 0.25) is 5.15 Å². The number of hydrogen-bond donors (Lipinski definition) is 1. The van der Waals surface area contributed by atoms with E-state index in [4.69, 9.17) is 11.6 Å². The number of benzene rings is 1. The van der Waals surface area contributed by atoms with Gasteiger partial charge < -0.3 is 5.32 Å². The lowest BCUT2D eigenvalue weighted by Gasteiger charge is -2.18. The number of rotatable bonds is 2. The highest BCUT2D eigenvalue weighted by Crippen LogP contribution is 2.25. The van der Waals surface area contributed by atoms with E-state index in [9.17, 15) is 0 Å². The number of anilines is 2. The molecule has 20 heavy (non-hydrogen) atoms. The second kappa shape index (κ2) is 5.41. The van der Waals surface area contributed by atoms with Gasteiger partial charge in [-0.15, -0.1) is 0 Å². The number of halogens is 1. The molecule has 0 atom stereocenters. The van der Waals surface area contributed by atoms with Gasteiger partial charge in [-0.25, -0.2) is 9.97 Å². The minimum atomic E-state index is -0.135. The van der Waals surface area contributed by atoms with Crippen LogP contribution in [0, 0.1) is 13.8 Å². The molecule has 2 rings (SSSR count). The van der Waals surface area contributed by atoms with E-state index in [0.29, 0.717) is 5.15 Å². The molecule has 0 saturated heterocycles. The fourth-order valence-electron chi connectivity index (χ4n) is 1.91. The highest BCUT2D eigenvalue weighted by atomic mass is 35.5. The Morgan fingerprint density at radius 3 is 2.35 bits per heavy atom. The zero-order valence-electron chi connectivity index (χ0n) is 12.6. The van der Waals surface area contributed by atoms with Crippen LogP contribution in [-0.4, -0.2) is 9.97 Å². The van der Waals surface area contributed by atoms with Gasteiger partial charge in [-0.1, -0.05) is 50.1 Å². The lowest BCUT2D eigenvalue weighted by molar-refractivity contribution is 0.546. The molecule has 3 nitrogen and oxygen atoms in total. The molecule has 0 unspecified atom stereocenters. The van der Waals surface area contributed by atoms with Crippen molar-refractivity contribution in [3.05, 3.63) is 46.4 Å². The second-order valence-corrected chi connectivity index (χ2v) is 6.48. The summed E-state index contributed by atoms with van der Waals surface area (Å²) in [5.41, 5.74) is 3.32. The Labute approximate surface area is 125 Å². The Bertz CT molecular complexity index is 630. The third-order valence-corrected chi connectivity index (χ3v) is 3.20. The van der Waals surface area contributed by atoms with Crippen LogP contribution in [0.4, 0.5) is 11.5 Å². The van der Waals surface area contributed by atoms with E-state index in [1.54, 1.807) is 6.07 Å². The van der Waals surface area contributed by atoms with Crippen LogP contribution >= 0.6 is 11.6 Å². The SMILES string of the molecule is Cc1ccc(Nc2cc(Cl)nc(C(C)(C)C)n2)c(C)c1. The normalized spacial score (nSPS) is 11.5. The summed E-state index contributed by atoms with van der Waals surface area (Å²) in [5.74, 6) is 1.46. The fraction of sp³-hybridized carbons (Fsp3) is 0.375. The Hall–Kier alpha value is -1.61. The molecule has 1 aromatic heterocycles. The van der Waals surface area contributed by atoms with Crippen molar-refractivity contribution in [1.82, 2.24) is 9.97 Å². The van der Waals surface area contributed by atoms with Crippen molar-refractivity contribution < 1.29 is 0 Å². The van der Waals surface area contributed by atoms with Gasteiger partial charge in [0.25, 0.3) is 0 Å². The van der Waals surface area contributed by atoms with Gasteiger partial charge >= 0.3 is 0 Å². The molecule has 0 radical (unpaired) electrons. The van der Waals surface area contributed by atoms with E-state index >= 15 is 0 Å². The third kappa shape index (κ3) is 3.48. The van der Waals surface area contributed by atoms with Crippen molar-refractivity contribution in [3.63, 3.8) is 0 Å². The van der Waals surface area contributed by atoms with Crippen LogP contribution in [-0.2, 0) is 5.41 Å². The lowest BCUT2D eigenvalue weighted by atomic mass is 9.96. The van der Waals surface area contributed by atoms with Crippen LogP contribution in [0.5, 0.6) is 0 Å². The number of aromatic nitrogens is 2. The topological polar surface area (TPSA) is 37.8 Å². The smallest absolute Gasteiger partial charge is 0.137 e. The van der Waals surface area contributed by atoms with Crippen molar-refractivity contribution in [2.75, 3.05) is 5.32 Å². The predicted octanol–water partition coefficient (Wildman–Crippen LogP) is 4.79. The summed E-state index contributed by atoms with van der Waals surface area (Å²) in [7, 11) is 0. The van der Waals surface area contributed by atoms with Gasteiger partial charge in [0.05, 0.1) is 0 Å². The lowest BCUT2D eigenvalue weighted by Crippen LogP contribution is -2.16. The van der Waals surface area contributed by atoms with E-state index in [1.165, 1.54) is 11.1 Å². The van der Waals surface area contributed by atoms with Crippen molar-refractivity contribution in [3.8, 4) is 0 Å². The number of nitrogens with zero attached hydrogens (tertiary/aromatic N) is 2. The highest BCUT2D eigenvalue weighted by molar-refractivity contribution is 6.29. The summed E-state index contributed by atoms with van der Waals surface area (Å²) in [6, 6.07) is 8.01. The monoisotopic (exact) mass is 289 g/mol. The summed E-state index contributed by atoms with van der Waals surface area (Å²) >= 11 is 6.10. The largest absolute Gasteiger partial charge is 0.340 e. The van der Waals surface area contributed by atoms with Crippen LogP contribution in [0.25, 0.3) is 0 Å². The first kappa shape index (κ1) is 14.8. The molecule has 4 heteroatoms. The van der Waals surface area contributed by atoms with Crippen molar-refractivity contribution in [2.24, 2.45) is 0 Å². The van der Waals surface area contributed by atoms with Gasteiger partial charge in [0, 0.05) is 17.2 Å². The number of hydrogen-bond acceptors (Lipinski definition) is 3. The Kier molecular flexibility index (Phi) is 4.00. The number of nitrogens with one attached hydrogen (secondary N) is 1. The molecular formula is C16H20ClN3. The molecule has 1 N–H and O–H groups in total. The van der Waals surface area contributed by atoms with E-state index in [-0.39, 0.29) is 5.41 Å². The third-order valence-electron chi connectivity index (χ3n) is 3.01. The molecule has 1 heterocycles. The highest BCUT2D eigenvalue weighted by Gasteiger charge is 2.19. The van der Waals surface area contributed by atoms with E-state index in [1.807, 2.05) is 0 Å². The van der Waals surface area contributed by atoms with Gasteiger partial charge in [0.1, 0.15) is 16.8 Å². The van der Waals surface area contributed by atoms with Gasteiger partial charge in [0.15, 0.2) is 0 Å². The standard InChI is InChI=1S/C16H20ClN3/c1-10-6-7-12(11(2)8-10)18-14-9-13(17)19-15(20-14)16(3,4)5/h6-9H,1-5H3,(H,18,19,20). The minimum Gasteiger partial charge on any atom is -0.340 e. The molecule has 2 aromatic rings. The van der Waals surface area contributed by atoms with Crippen molar-refractivity contribution in [2.45, 2.75) is 40.0 Å². The molecule has 0 aliphatic rings. The zero-order valence-corrected chi connectivity index (χ0v) is 13.3. The van der Waals surface area contributed by atoms with E-state index < -0.39 is 0 Å². The van der Waals surface area contributed by atoms with Crippen LogP contribution in [0.3, 0.4) is 0 Å².